The number of nitrogens with zero attached hydrogens (tertiary/aromatic N) is 2. The topological polar surface area (TPSA) is 80.5 Å². The van der Waals surface area contributed by atoms with E-state index in [0.717, 1.165) is 10.8 Å². The first kappa shape index (κ1) is 20.4. The van der Waals surface area contributed by atoms with Crippen molar-refractivity contribution in [2.45, 2.75) is 11.4 Å². The zero-order chi connectivity index (χ0) is 22.3. The van der Waals surface area contributed by atoms with Crippen LogP contribution in [0.25, 0.3) is 21.0 Å². The van der Waals surface area contributed by atoms with E-state index in [4.69, 9.17) is 4.42 Å². The van der Waals surface area contributed by atoms with Gasteiger partial charge in [0.15, 0.2) is 15.0 Å². The van der Waals surface area contributed by atoms with E-state index >= 15 is 0 Å². The number of amides is 1. The summed E-state index contributed by atoms with van der Waals surface area (Å²) in [4.78, 5) is 20.0. The number of aromatic nitrogens is 1. The van der Waals surface area contributed by atoms with E-state index in [1.807, 2.05) is 36.4 Å². The minimum atomic E-state index is -3.34. The molecule has 2 aromatic heterocycles. The molecule has 160 valence electrons. The molecular weight excluding hydrogens is 444 g/mol. The minimum absolute atomic E-state index is 0.206. The molecule has 0 spiro atoms. The highest BCUT2D eigenvalue weighted by Crippen LogP contribution is 2.32. The number of carbonyl (C=O) groups excluding carboxylic acids is 1. The van der Waals surface area contributed by atoms with Crippen molar-refractivity contribution < 1.29 is 17.6 Å². The standard InChI is InChI=1S/C24H18N2O4S2/c1-32(28,29)20-10-11-21-22(14-20)31-24(25-21)26(15-19-7-4-12-30-19)23(27)18-9-8-16-5-2-3-6-17(16)13-18/h2-14H,15H2,1H3. The van der Waals surface area contributed by atoms with E-state index in [-0.39, 0.29) is 17.3 Å². The third kappa shape index (κ3) is 3.90. The number of sulfone groups is 1. The molecule has 5 rings (SSSR count). The van der Waals surface area contributed by atoms with E-state index in [1.165, 1.54) is 23.7 Å². The summed E-state index contributed by atoms with van der Waals surface area (Å²) in [5, 5.41) is 2.49. The zero-order valence-corrected chi connectivity index (χ0v) is 18.7. The predicted molar refractivity (Wildman–Crippen MR) is 126 cm³/mol. The number of anilines is 1. The van der Waals surface area contributed by atoms with Crippen molar-refractivity contribution in [1.29, 1.82) is 0 Å². The SMILES string of the molecule is CS(=O)(=O)c1ccc2nc(N(Cc3ccco3)C(=O)c3ccc4ccccc4c3)sc2c1. The minimum Gasteiger partial charge on any atom is -0.467 e. The molecule has 0 aliphatic rings. The lowest BCUT2D eigenvalue weighted by Crippen LogP contribution is -2.30. The Morgan fingerprint density at radius 2 is 1.81 bits per heavy atom. The van der Waals surface area contributed by atoms with Crippen molar-refractivity contribution in [2.75, 3.05) is 11.2 Å². The number of furan rings is 1. The van der Waals surface area contributed by atoms with Crippen LogP contribution in [0.2, 0.25) is 0 Å². The summed E-state index contributed by atoms with van der Waals surface area (Å²) in [5.74, 6) is 0.407. The highest BCUT2D eigenvalue weighted by molar-refractivity contribution is 7.90. The lowest BCUT2D eigenvalue weighted by atomic mass is 10.1. The monoisotopic (exact) mass is 462 g/mol. The first-order valence-corrected chi connectivity index (χ1v) is 12.5. The van der Waals surface area contributed by atoms with Gasteiger partial charge in [-0.15, -0.1) is 0 Å². The van der Waals surface area contributed by atoms with Crippen LogP contribution in [0.3, 0.4) is 0 Å². The average Bonchev–Trinajstić information content (AvgIpc) is 3.45. The first-order valence-electron chi connectivity index (χ1n) is 9.82. The molecule has 0 saturated carbocycles. The second-order valence-corrected chi connectivity index (χ2v) is 10.5. The van der Waals surface area contributed by atoms with Crippen LogP contribution in [0.15, 0.2) is 88.4 Å². The lowest BCUT2D eigenvalue weighted by Gasteiger charge is -2.19. The number of hydrogen-bond acceptors (Lipinski definition) is 6. The van der Waals surface area contributed by atoms with Gasteiger partial charge in [0.2, 0.25) is 0 Å². The van der Waals surface area contributed by atoms with Crippen LogP contribution < -0.4 is 4.90 Å². The average molecular weight is 463 g/mol. The van der Waals surface area contributed by atoms with Gasteiger partial charge in [0.05, 0.1) is 27.9 Å². The Hall–Kier alpha value is -3.49. The van der Waals surface area contributed by atoms with Crippen molar-refractivity contribution in [1.82, 2.24) is 4.98 Å². The van der Waals surface area contributed by atoms with Crippen LogP contribution in [0.4, 0.5) is 5.13 Å². The van der Waals surface area contributed by atoms with Crippen LogP contribution in [0.1, 0.15) is 16.1 Å². The van der Waals surface area contributed by atoms with E-state index in [1.54, 1.807) is 41.5 Å². The molecular formula is C24H18N2O4S2. The summed E-state index contributed by atoms with van der Waals surface area (Å²) < 4.78 is 30.0. The Bertz CT molecular complexity index is 1550. The fraction of sp³-hybridized carbons (Fsp3) is 0.0833. The largest absolute Gasteiger partial charge is 0.467 e. The van der Waals surface area contributed by atoms with Crippen LogP contribution in [-0.2, 0) is 16.4 Å². The van der Waals surface area contributed by atoms with Crippen LogP contribution in [0.5, 0.6) is 0 Å². The molecule has 32 heavy (non-hydrogen) atoms. The number of rotatable bonds is 5. The molecule has 0 unspecified atom stereocenters. The number of hydrogen-bond donors (Lipinski definition) is 0. The maximum absolute atomic E-state index is 13.6. The van der Waals surface area contributed by atoms with Gasteiger partial charge in [0.1, 0.15) is 5.76 Å². The van der Waals surface area contributed by atoms with Crippen molar-refractivity contribution in [3.05, 3.63) is 90.4 Å². The second kappa shape index (κ2) is 7.89. The molecule has 0 aliphatic carbocycles. The first-order chi connectivity index (χ1) is 15.4. The molecule has 0 atom stereocenters. The Morgan fingerprint density at radius 3 is 2.56 bits per heavy atom. The fourth-order valence-electron chi connectivity index (χ4n) is 3.50. The molecule has 0 N–H and O–H groups in total. The highest BCUT2D eigenvalue weighted by atomic mass is 32.2. The van der Waals surface area contributed by atoms with Gasteiger partial charge in [-0.2, -0.15) is 0 Å². The van der Waals surface area contributed by atoms with E-state index < -0.39 is 9.84 Å². The van der Waals surface area contributed by atoms with E-state index in [9.17, 15) is 13.2 Å². The van der Waals surface area contributed by atoms with Crippen molar-refractivity contribution >= 4 is 53.2 Å². The Balaban J connectivity index is 1.59. The maximum atomic E-state index is 13.6. The van der Waals surface area contributed by atoms with Gasteiger partial charge in [-0.1, -0.05) is 41.7 Å². The van der Waals surface area contributed by atoms with Crippen LogP contribution in [-0.4, -0.2) is 25.6 Å². The molecule has 3 aromatic carbocycles. The summed E-state index contributed by atoms with van der Waals surface area (Å²) in [6.07, 6.45) is 2.73. The normalized spacial score (nSPS) is 11.8. The molecule has 0 fully saturated rings. The zero-order valence-electron chi connectivity index (χ0n) is 17.1. The Kier molecular flexibility index (Phi) is 5.03. The van der Waals surface area contributed by atoms with Gasteiger partial charge in [-0.05, 0) is 53.2 Å². The fourth-order valence-corrected chi connectivity index (χ4v) is 5.23. The van der Waals surface area contributed by atoms with Crippen molar-refractivity contribution in [3.8, 4) is 0 Å². The maximum Gasteiger partial charge on any atom is 0.260 e. The van der Waals surface area contributed by atoms with E-state index in [2.05, 4.69) is 4.98 Å². The third-order valence-electron chi connectivity index (χ3n) is 5.14. The quantitative estimate of drug-likeness (QED) is 0.354. The molecule has 2 heterocycles. The Morgan fingerprint density at radius 1 is 1.00 bits per heavy atom. The van der Waals surface area contributed by atoms with Gasteiger partial charge < -0.3 is 4.42 Å². The van der Waals surface area contributed by atoms with Gasteiger partial charge in [-0.3, -0.25) is 9.69 Å². The second-order valence-electron chi connectivity index (χ2n) is 7.43. The van der Waals surface area contributed by atoms with E-state index in [0.29, 0.717) is 26.7 Å². The summed E-state index contributed by atoms with van der Waals surface area (Å²) >= 11 is 1.27. The molecule has 1 amide bonds. The number of thiazole rings is 1. The van der Waals surface area contributed by atoms with Gasteiger partial charge >= 0.3 is 0 Å². The molecule has 0 radical (unpaired) electrons. The Labute approximate surface area is 188 Å². The summed E-state index contributed by atoms with van der Waals surface area (Å²) in [5.41, 5.74) is 1.17. The molecule has 0 aliphatic heterocycles. The van der Waals surface area contributed by atoms with Gasteiger partial charge in [-0.25, -0.2) is 13.4 Å². The number of fused-ring (bicyclic) bond motifs is 2. The number of carbonyl (C=O) groups is 1. The van der Waals surface area contributed by atoms with Crippen LogP contribution in [0, 0.1) is 0 Å². The highest BCUT2D eigenvalue weighted by Gasteiger charge is 2.23. The summed E-state index contributed by atoms with van der Waals surface area (Å²) in [7, 11) is -3.34. The summed E-state index contributed by atoms with van der Waals surface area (Å²) in [6, 6.07) is 21.8. The smallest absolute Gasteiger partial charge is 0.260 e. The molecule has 6 nitrogen and oxygen atoms in total. The molecule has 8 heteroatoms. The van der Waals surface area contributed by atoms with Crippen LogP contribution >= 0.6 is 11.3 Å². The van der Waals surface area contributed by atoms with Gasteiger partial charge in [0.25, 0.3) is 5.91 Å². The molecule has 5 aromatic rings. The van der Waals surface area contributed by atoms with Crippen molar-refractivity contribution in [3.63, 3.8) is 0 Å². The molecule has 0 saturated heterocycles. The molecule has 0 bridgehead atoms. The van der Waals surface area contributed by atoms with Gasteiger partial charge in [0, 0.05) is 11.8 Å². The predicted octanol–water partition coefficient (Wildman–Crippen LogP) is 5.29. The summed E-state index contributed by atoms with van der Waals surface area (Å²) in [6.45, 7) is 0.206. The third-order valence-corrected chi connectivity index (χ3v) is 7.29. The number of benzene rings is 3. The lowest BCUT2D eigenvalue weighted by molar-refractivity contribution is 0.0983. The van der Waals surface area contributed by atoms with Crippen molar-refractivity contribution in [2.24, 2.45) is 0 Å².